The van der Waals surface area contributed by atoms with Gasteiger partial charge in [0.05, 0.1) is 32.8 Å². The second kappa shape index (κ2) is 18.3. The summed E-state index contributed by atoms with van der Waals surface area (Å²) in [5, 5.41) is 0. The maximum atomic E-state index is 10.9. The van der Waals surface area contributed by atoms with Gasteiger partial charge in [-0.15, -0.1) is 11.8 Å². The number of unbranched alkanes of at least 4 members (excludes halogenated alkanes) is 2. The van der Waals surface area contributed by atoms with Crippen molar-refractivity contribution in [2.45, 2.75) is 64.7 Å². The van der Waals surface area contributed by atoms with E-state index in [4.69, 9.17) is 0 Å². The van der Waals surface area contributed by atoms with Crippen molar-refractivity contribution in [3.8, 4) is 59.2 Å². The van der Waals surface area contributed by atoms with Gasteiger partial charge in [0.25, 0.3) is 0 Å². The fourth-order valence-corrected chi connectivity index (χ4v) is 1.47. The molecule has 24 heavy (non-hydrogen) atoms. The van der Waals surface area contributed by atoms with Gasteiger partial charge in [-0.2, -0.15) is 0 Å². The molecule has 0 spiro atoms. The zero-order chi connectivity index (χ0) is 17.7. The zero-order valence-corrected chi connectivity index (χ0v) is 14.7. The highest BCUT2D eigenvalue weighted by atomic mass is 16.5. The monoisotopic (exact) mass is 320 g/mol. The zero-order valence-electron chi connectivity index (χ0n) is 14.7. The van der Waals surface area contributed by atoms with Gasteiger partial charge < -0.3 is 4.74 Å². The Kier molecular flexibility index (Phi) is 16.2. The predicted molar refractivity (Wildman–Crippen MR) is 98.1 cm³/mol. The lowest BCUT2D eigenvalue weighted by Crippen LogP contribution is -1.98. The van der Waals surface area contributed by atoms with E-state index in [0.29, 0.717) is 32.1 Å². The van der Waals surface area contributed by atoms with E-state index >= 15 is 0 Å². The van der Waals surface area contributed by atoms with Crippen LogP contribution in [0.2, 0.25) is 0 Å². The molecule has 0 aromatic rings. The number of carbonyl (C=O) groups excluding carboxylic acids is 1. The fourth-order valence-electron chi connectivity index (χ4n) is 1.47. The van der Waals surface area contributed by atoms with Crippen LogP contribution in [0, 0.1) is 59.2 Å². The highest BCUT2D eigenvalue weighted by molar-refractivity contribution is 5.68. The first-order valence-electron chi connectivity index (χ1n) is 8.16. The van der Waals surface area contributed by atoms with Crippen LogP contribution in [0.4, 0.5) is 0 Å². The summed E-state index contributed by atoms with van der Waals surface area (Å²) >= 11 is 0. The molecular weight excluding hydrogens is 296 g/mol. The lowest BCUT2D eigenvalue weighted by atomic mass is 10.2. The molecule has 0 radical (unpaired) electrons. The molecule has 0 atom stereocenters. The quantitative estimate of drug-likeness (QED) is 0.448. The first kappa shape index (κ1) is 21.3. The lowest BCUT2D eigenvalue weighted by Gasteiger charge is -1.95. The Labute approximate surface area is 147 Å². The summed E-state index contributed by atoms with van der Waals surface area (Å²) in [4.78, 5) is 10.9. The van der Waals surface area contributed by atoms with Crippen LogP contribution < -0.4 is 0 Å². The van der Waals surface area contributed by atoms with Crippen LogP contribution in [-0.4, -0.2) is 13.1 Å². The molecule has 0 saturated carbocycles. The van der Waals surface area contributed by atoms with E-state index in [1.165, 1.54) is 7.11 Å². The van der Waals surface area contributed by atoms with Gasteiger partial charge in [-0.3, -0.25) is 4.79 Å². The van der Waals surface area contributed by atoms with Gasteiger partial charge in [0.2, 0.25) is 0 Å². The lowest BCUT2D eigenvalue weighted by molar-refractivity contribution is -0.140. The van der Waals surface area contributed by atoms with E-state index in [0.717, 1.165) is 25.7 Å². The third kappa shape index (κ3) is 17.3. The largest absolute Gasteiger partial charge is 0.469 e. The van der Waals surface area contributed by atoms with Gasteiger partial charge in [0.1, 0.15) is 0 Å². The number of ether oxygens (including phenoxy) is 1. The van der Waals surface area contributed by atoms with Gasteiger partial charge in [0, 0.05) is 19.3 Å². The second-order valence-corrected chi connectivity index (χ2v) is 4.61. The third-order valence-corrected chi connectivity index (χ3v) is 2.67. The number of hydrogen-bond donors (Lipinski definition) is 0. The van der Waals surface area contributed by atoms with E-state index in [2.05, 4.69) is 63.9 Å². The minimum atomic E-state index is -0.161. The number of carbonyl (C=O) groups is 1. The Hall–Kier alpha value is -2.73. The Balaban J connectivity index is 3.64. The summed E-state index contributed by atoms with van der Waals surface area (Å²) < 4.78 is 4.57. The van der Waals surface area contributed by atoms with E-state index in [1.54, 1.807) is 0 Å². The first-order chi connectivity index (χ1) is 11.8. The molecule has 0 unspecified atom stereocenters. The van der Waals surface area contributed by atoms with Crippen molar-refractivity contribution in [3.63, 3.8) is 0 Å². The average molecular weight is 320 g/mol. The van der Waals surface area contributed by atoms with Crippen molar-refractivity contribution >= 4 is 5.97 Å². The second-order valence-electron chi connectivity index (χ2n) is 4.61. The summed E-state index contributed by atoms with van der Waals surface area (Å²) in [7, 11) is 1.41. The molecule has 0 fully saturated rings. The van der Waals surface area contributed by atoms with Crippen molar-refractivity contribution < 1.29 is 9.53 Å². The molecule has 0 heterocycles. The Morgan fingerprint density at radius 2 is 1.17 bits per heavy atom. The van der Waals surface area contributed by atoms with E-state index in [9.17, 15) is 4.79 Å². The maximum absolute atomic E-state index is 10.9. The molecule has 2 heteroatoms. The van der Waals surface area contributed by atoms with E-state index in [-0.39, 0.29) is 5.97 Å². The number of methoxy groups -OCH3 is 1. The van der Waals surface area contributed by atoms with Crippen molar-refractivity contribution in [1.29, 1.82) is 0 Å². The van der Waals surface area contributed by atoms with Gasteiger partial charge in [-0.25, -0.2) is 0 Å². The molecule has 0 saturated heterocycles. The van der Waals surface area contributed by atoms with E-state index < -0.39 is 0 Å². The van der Waals surface area contributed by atoms with Crippen LogP contribution in [0.1, 0.15) is 64.7 Å². The normalized spacial score (nSPS) is 7.58. The maximum Gasteiger partial charge on any atom is 0.305 e. The number of esters is 1. The van der Waals surface area contributed by atoms with Gasteiger partial charge in [-0.05, 0) is 12.8 Å². The standard InChI is InChI=1S/C22H24O2/c1-3-4-5-6-7-8-9-10-11-12-13-14-15-16-17-18-19-20-21-22(23)24-2/h3,6,9,12,15,18-21H2,1-2H3. The molecule has 0 aromatic carbocycles. The van der Waals surface area contributed by atoms with Gasteiger partial charge in [-0.1, -0.05) is 54.3 Å². The SMILES string of the molecule is CCC#CCC#CCC#CCC#CCC#CCCCCC(=O)OC. The molecule has 0 aliphatic carbocycles. The molecule has 0 bridgehead atoms. The fraction of sp³-hybridized carbons (Fsp3) is 0.500. The van der Waals surface area contributed by atoms with Crippen LogP contribution in [0.3, 0.4) is 0 Å². The van der Waals surface area contributed by atoms with Crippen LogP contribution in [0.25, 0.3) is 0 Å². The van der Waals surface area contributed by atoms with Crippen LogP contribution >= 0.6 is 0 Å². The predicted octanol–water partition coefficient (Wildman–Crippen LogP) is 3.71. The summed E-state index contributed by atoms with van der Waals surface area (Å²) in [5.41, 5.74) is 0. The number of hydrogen-bond acceptors (Lipinski definition) is 2. The molecular formula is C22H24O2. The highest BCUT2D eigenvalue weighted by Crippen LogP contribution is 1.99. The summed E-state index contributed by atoms with van der Waals surface area (Å²) in [5.74, 6) is 29.6. The average Bonchev–Trinajstić information content (AvgIpc) is 2.60. The van der Waals surface area contributed by atoms with Crippen LogP contribution in [0.15, 0.2) is 0 Å². The molecule has 0 aliphatic heterocycles. The molecule has 2 nitrogen and oxygen atoms in total. The summed E-state index contributed by atoms with van der Waals surface area (Å²) in [6, 6.07) is 0. The van der Waals surface area contributed by atoms with E-state index in [1.807, 2.05) is 6.92 Å². The minimum Gasteiger partial charge on any atom is -0.469 e. The van der Waals surface area contributed by atoms with Crippen molar-refractivity contribution in [2.75, 3.05) is 7.11 Å². The first-order valence-corrected chi connectivity index (χ1v) is 8.16. The van der Waals surface area contributed by atoms with Crippen LogP contribution in [0.5, 0.6) is 0 Å². The molecule has 0 aromatic heterocycles. The Bertz CT molecular complexity index is 658. The summed E-state index contributed by atoms with van der Waals surface area (Å²) in [6.45, 7) is 2.02. The molecule has 124 valence electrons. The minimum absolute atomic E-state index is 0.161. The molecule has 0 N–H and O–H groups in total. The molecule has 0 amide bonds. The number of rotatable bonds is 4. The Morgan fingerprint density at radius 1 is 0.708 bits per heavy atom. The van der Waals surface area contributed by atoms with Crippen molar-refractivity contribution in [2.24, 2.45) is 0 Å². The van der Waals surface area contributed by atoms with Gasteiger partial charge in [0.15, 0.2) is 0 Å². The Morgan fingerprint density at radius 3 is 1.62 bits per heavy atom. The molecule has 0 aliphatic rings. The summed E-state index contributed by atoms with van der Waals surface area (Å²) in [6.07, 6.45) is 6.17. The van der Waals surface area contributed by atoms with Crippen LogP contribution in [-0.2, 0) is 9.53 Å². The highest BCUT2D eigenvalue weighted by Gasteiger charge is 1.97. The molecule has 0 rings (SSSR count). The topological polar surface area (TPSA) is 26.3 Å². The third-order valence-electron chi connectivity index (χ3n) is 2.67. The van der Waals surface area contributed by atoms with Gasteiger partial charge >= 0.3 is 5.97 Å². The van der Waals surface area contributed by atoms with Crippen molar-refractivity contribution in [1.82, 2.24) is 0 Å². The van der Waals surface area contributed by atoms with Crippen molar-refractivity contribution in [3.05, 3.63) is 0 Å². The smallest absolute Gasteiger partial charge is 0.305 e.